The van der Waals surface area contributed by atoms with Crippen LogP contribution >= 0.6 is 23.4 Å². The number of carbonyl (C=O) groups is 1. The van der Waals surface area contributed by atoms with Gasteiger partial charge in [-0.2, -0.15) is 4.98 Å². The molecule has 0 aromatic carbocycles. The zero-order valence-electron chi connectivity index (χ0n) is 24.2. The number of rotatable bonds is 7. The van der Waals surface area contributed by atoms with Gasteiger partial charge in [-0.05, 0) is 50.9 Å². The van der Waals surface area contributed by atoms with E-state index in [1.807, 2.05) is 19.1 Å². The number of nitrogens with one attached hydrogen (secondary N) is 1. The first-order chi connectivity index (χ1) is 20.2. The first-order valence-corrected chi connectivity index (χ1v) is 15.6. The number of piperidine rings is 1. The van der Waals surface area contributed by atoms with Crippen LogP contribution < -0.4 is 20.9 Å². The lowest BCUT2D eigenvalue weighted by Gasteiger charge is -2.42. The molecule has 11 nitrogen and oxygen atoms in total. The van der Waals surface area contributed by atoms with Crippen molar-refractivity contribution in [3.05, 3.63) is 41.9 Å². The fraction of sp³-hybridized carbons (Fsp3) is 0.517. The minimum atomic E-state index is -0.0727. The molecule has 222 valence electrons. The molecule has 2 saturated heterocycles. The molecule has 13 heteroatoms. The predicted molar refractivity (Wildman–Crippen MR) is 166 cm³/mol. The van der Waals surface area contributed by atoms with Crippen LogP contribution in [0, 0.1) is 11.3 Å². The zero-order valence-corrected chi connectivity index (χ0v) is 25.8. The van der Waals surface area contributed by atoms with Crippen molar-refractivity contribution in [3.8, 4) is 0 Å². The number of Topliss-reactive ketones (excluding diaryl/α,β-unsaturated/α-hetero) is 1. The molecule has 3 N–H and O–H groups in total. The third-order valence-corrected chi connectivity index (χ3v) is 10.6. The summed E-state index contributed by atoms with van der Waals surface area (Å²) in [5, 5.41) is 4.48. The largest absolute Gasteiger partial charge is 0.355 e. The van der Waals surface area contributed by atoms with Crippen LogP contribution in [-0.4, -0.2) is 88.0 Å². The van der Waals surface area contributed by atoms with Crippen molar-refractivity contribution >= 4 is 52.5 Å². The Morgan fingerprint density at radius 2 is 1.86 bits per heavy atom. The van der Waals surface area contributed by atoms with Crippen molar-refractivity contribution in [1.29, 1.82) is 0 Å². The van der Waals surface area contributed by atoms with E-state index in [0.29, 0.717) is 40.9 Å². The number of carbonyl (C=O) groups excluding carboxylic acids is 1. The quantitative estimate of drug-likeness (QED) is 0.404. The number of likely N-dealkylation sites (N-methyl/N-ethyl adjacent to an activating group) is 1. The van der Waals surface area contributed by atoms with E-state index in [1.165, 1.54) is 11.8 Å². The van der Waals surface area contributed by atoms with Crippen LogP contribution in [0.5, 0.6) is 0 Å². The molecule has 1 saturated carbocycles. The number of nitrogens with zero attached hydrogens (tertiary/aromatic N) is 8. The molecule has 0 bridgehead atoms. The van der Waals surface area contributed by atoms with Crippen molar-refractivity contribution in [2.24, 2.45) is 17.1 Å². The van der Waals surface area contributed by atoms with Gasteiger partial charge < -0.3 is 25.8 Å². The van der Waals surface area contributed by atoms with E-state index in [4.69, 9.17) is 27.3 Å². The average molecular weight is 609 g/mol. The maximum Gasteiger partial charge on any atom is 0.227 e. The highest BCUT2D eigenvalue weighted by Gasteiger charge is 2.50. The monoisotopic (exact) mass is 608 g/mol. The van der Waals surface area contributed by atoms with Gasteiger partial charge in [-0.25, -0.2) is 19.9 Å². The topological polar surface area (TPSA) is 129 Å². The molecule has 3 aliphatic rings. The summed E-state index contributed by atoms with van der Waals surface area (Å²) in [5.74, 6) is 2.93. The Morgan fingerprint density at radius 3 is 2.52 bits per heavy atom. The summed E-state index contributed by atoms with van der Waals surface area (Å²) in [5.41, 5.74) is 6.40. The maximum atomic E-state index is 12.3. The van der Waals surface area contributed by atoms with Crippen LogP contribution in [0.3, 0.4) is 0 Å². The molecule has 1 spiro atoms. The summed E-state index contributed by atoms with van der Waals surface area (Å²) in [6.07, 6.45) is 10.5. The lowest BCUT2D eigenvalue weighted by molar-refractivity contribution is -0.120. The molecule has 0 unspecified atom stereocenters. The van der Waals surface area contributed by atoms with E-state index in [2.05, 4.69) is 49.1 Å². The second-order valence-corrected chi connectivity index (χ2v) is 13.3. The van der Waals surface area contributed by atoms with E-state index in [0.717, 1.165) is 61.2 Å². The molecule has 1 aliphatic carbocycles. The van der Waals surface area contributed by atoms with Crippen LogP contribution in [0.2, 0.25) is 5.02 Å². The Morgan fingerprint density at radius 1 is 1.07 bits per heavy atom. The second kappa shape index (κ2) is 11.9. The van der Waals surface area contributed by atoms with Gasteiger partial charge in [-0.3, -0.25) is 4.79 Å². The fourth-order valence-corrected chi connectivity index (χ4v) is 7.34. The Balaban J connectivity index is 1.09. The first kappa shape index (κ1) is 29.0. The van der Waals surface area contributed by atoms with Crippen LogP contribution in [0.1, 0.15) is 32.6 Å². The summed E-state index contributed by atoms with van der Waals surface area (Å²) in [7, 11) is 4.21. The first-order valence-electron chi connectivity index (χ1n) is 14.4. The highest BCUT2D eigenvalue weighted by atomic mass is 35.5. The van der Waals surface area contributed by atoms with Crippen molar-refractivity contribution in [3.63, 3.8) is 0 Å². The summed E-state index contributed by atoms with van der Waals surface area (Å²) in [4.78, 5) is 42.8. The number of hydrogen-bond acceptors (Lipinski definition) is 12. The summed E-state index contributed by atoms with van der Waals surface area (Å²) in [6.45, 7) is 5.42. The van der Waals surface area contributed by atoms with Gasteiger partial charge in [-0.15, -0.1) is 0 Å². The highest BCUT2D eigenvalue weighted by Crippen LogP contribution is 2.46. The minimum Gasteiger partial charge on any atom is -0.355 e. The minimum absolute atomic E-state index is 0.0482. The Labute approximate surface area is 255 Å². The molecule has 42 heavy (non-hydrogen) atoms. The van der Waals surface area contributed by atoms with E-state index in [-0.39, 0.29) is 17.4 Å². The molecular weight excluding hydrogens is 572 g/mol. The maximum absolute atomic E-state index is 12.3. The predicted octanol–water partition coefficient (Wildman–Crippen LogP) is 3.87. The molecular formula is C29H37ClN10OS. The summed E-state index contributed by atoms with van der Waals surface area (Å²) >= 11 is 8.21. The molecule has 5 heterocycles. The number of aromatic nitrogens is 5. The molecule has 0 amide bonds. The van der Waals surface area contributed by atoms with E-state index in [1.54, 1.807) is 24.8 Å². The van der Waals surface area contributed by atoms with Crippen molar-refractivity contribution in [2.75, 3.05) is 55.4 Å². The van der Waals surface area contributed by atoms with Crippen molar-refractivity contribution in [2.45, 2.75) is 54.6 Å². The van der Waals surface area contributed by atoms with Gasteiger partial charge in [0.15, 0.2) is 5.82 Å². The Kier molecular flexibility index (Phi) is 8.23. The van der Waals surface area contributed by atoms with Gasteiger partial charge in [0.05, 0.1) is 17.4 Å². The van der Waals surface area contributed by atoms with Crippen LogP contribution in [0.15, 0.2) is 46.8 Å². The lowest BCUT2D eigenvalue weighted by atomic mass is 9.73. The van der Waals surface area contributed by atoms with Crippen LogP contribution in [0.4, 0.5) is 23.4 Å². The van der Waals surface area contributed by atoms with Gasteiger partial charge in [0.25, 0.3) is 0 Å². The Bertz CT molecular complexity index is 1430. The standard InChI is InChI=1S/C29H37ClN10OS/c1-18-20(41)14-29(26(18)31)7-12-39(13-8-29)23-15-35-24(16-34-23)42-21-4-9-32-27(25(21)30)36-22-5-10-33-28(37-22)40-11-6-19(17-40)38(2)3/h4-5,9-10,15-16,18-19,26H,6-8,11-14,17,31H2,1-3H3,(H,32,33,36,37)/t18-,19+,26+/m1/s1. The molecule has 3 atom stereocenters. The van der Waals surface area contributed by atoms with Gasteiger partial charge in [0.2, 0.25) is 5.95 Å². The van der Waals surface area contributed by atoms with E-state index < -0.39 is 0 Å². The van der Waals surface area contributed by atoms with Gasteiger partial charge in [-0.1, -0.05) is 30.3 Å². The lowest BCUT2D eigenvalue weighted by Crippen LogP contribution is -2.48. The zero-order chi connectivity index (χ0) is 29.4. The normalized spacial score (nSPS) is 23.8. The fourth-order valence-electron chi connectivity index (χ4n) is 6.31. The number of anilines is 4. The van der Waals surface area contributed by atoms with Gasteiger partial charge in [0.1, 0.15) is 22.4 Å². The van der Waals surface area contributed by atoms with Crippen molar-refractivity contribution in [1.82, 2.24) is 29.8 Å². The number of hydrogen-bond donors (Lipinski definition) is 2. The molecule has 3 fully saturated rings. The SMILES string of the molecule is C[C@@H]1C(=O)CC2(CCN(c3cnc(Sc4ccnc(Nc5ccnc(N6CC[C@H](N(C)C)C6)n5)c4Cl)cn3)CC2)[C@H]1N. The van der Waals surface area contributed by atoms with Crippen molar-refractivity contribution < 1.29 is 4.79 Å². The molecule has 0 radical (unpaired) electrons. The summed E-state index contributed by atoms with van der Waals surface area (Å²) in [6, 6.07) is 4.11. The third kappa shape index (κ3) is 5.77. The highest BCUT2D eigenvalue weighted by molar-refractivity contribution is 7.99. The molecule has 3 aromatic rings. The van der Waals surface area contributed by atoms with E-state index in [9.17, 15) is 4.79 Å². The molecule has 2 aliphatic heterocycles. The van der Waals surface area contributed by atoms with E-state index >= 15 is 0 Å². The third-order valence-electron chi connectivity index (χ3n) is 9.11. The molecule has 6 rings (SSSR count). The van der Waals surface area contributed by atoms with Gasteiger partial charge >= 0.3 is 0 Å². The number of ketones is 1. The average Bonchev–Trinajstić information content (AvgIpc) is 3.57. The number of nitrogens with two attached hydrogens (primary N) is 1. The number of halogens is 1. The smallest absolute Gasteiger partial charge is 0.227 e. The Hall–Kier alpha value is -3.06. The summed E-state index contributed by atoms with van der Waals surface area (Å²) < 4.78 is 0. The van der Waals surface area contributed by atoms with Crippen LogP contribution in [0.25, 0.3) is 0 Å². The molecule has 3 aromatic heterocycles. The van der Waals surface area contributed by atoms with Crippen LogP contribution in [-0.2, 0) is 4.79 Å². The second-order valence-electron chi connectivity index (χ2n) is 11.8. The number of pyridine rings is 1. The van der Waals surface area contributed by atoms with Gasteiger partial charge in [0, 0.05) is 67.9 Å².